The summed E-state index contributed by atoms with van der Waals surface area (Å²) in [5.41, 5.74) is 0.779. The summed E-state index contributed by atoms with van der Waals surface area (Å²) in [4.78, 5) is 12.3. The summed E-state index contributed by atoms with van der Waals surface area (Å²) < 4.78 is 0. The van der Waals surface area contributed by atoms with Gasteiger partial charge in [-0.3, -0.25) is 4.79 Å². The zero-order valence-electron chi connectivity index (χ0n) is 11.4. The second-order valence-electron chi connectivity index (χ2n) is 5.53. The van der Waals surface area contributed by atoms with Crippen LogP contribution in [-0.4, -0.2) is 36.8 Å². The van der Waals surface area contributed by atoms with E-state index in [-0.39, 0.29) is 24.0 Å². The largest absolute Gasteiger partial charge is 0.394 e. The van der Waals surface area contributed by atoms with Gasteiger partial charge in [0.1, 0.15) is 0 Å². The number of nitrogens with one attached hydrogen (secondary N) is 2. The van der Waals surface area contributed by atoms with Crippen LogP contribution in [0.4, 0.5) is 0 Å². The highest BCUT2D eigenvalue weighted by Crippen LogP contribution is 2.24. The summed E-state index contributed by atoms with van der Waals surface area (Å²) in [6.07, 6.45) is 1.51. The third-order valence-electron chi connectivity index (χ3n) is 3.80. The Hall–Kier alpha value is -1.39. The first-order valence-electron chi connectivity index (χ1n) is 6.80. The van der Waals surface area contributed by atoms with E-state index in [4.69, 9.17) is 0 Å². The van der Waals surface area contributed by atoms with Gasteiger partial charge in [0.05, 0.1) is 18.1 Å². The zero-order valence-corrected chi connectivity index (χ0v) is 11.4. The summed E-state index contributed by atoms with van der Waals surface area (Å²) in [7, 11) is 0. The van der Waals surface area contributed by atoms with Crippen LogP contribution in [0.25, 0.3) is 0 Å². The van der Waals surface area contributed by atoms with E-state index in [0.29, 0.717) is 13.0 Å². The molecule has 4 nitrogen and oxygen atoms in total. The van der Waals surface area contributed by atoms with Crippen LogP contribution in [-0.2, 0) is 11.2 Å². The van der Waals surface area contributed by atoms with E-state index in [9.17, 15) is 9.90 Å². The van der Waals surface area contributed by atoms with Crippen molar-refractivity contribution in [3.63, 3.8) is 0 Å². The van der Waals surface area contributed by atoms with E-state index in [1.54, 1.807) is 0 Å². The van der Waals surface area contributed by atoms with Crippen LogP contribution in [0.2, 0.25) is 0 Å². The molecular weight excluding hydrogens is 240 g/mol. The Morgan fingerprint density at radius 3 is 2.79 bits per heavy atom. The molecule has 1 aliphatic heterocycles. The maximum Gasteiger partial charge on any atom is 0.227 e. The smallest absolute Gasteiger partial charge is 0.227 e. The molecule has 2 unspecified atom stereocenters. The Balaban J connectivity index is 1.94. The molecule has 1 amide bonds. The fourth-order valence-corrected chi connectivity index (χ4v) is 2.43. The molecular formula is C15H22N2O2. The van der Waals surface area contributed by atoms with Crippen molar-refractivity contribution < 1.29 is 9.90 Å². The predicted molar refractivity (Wildman–Crippen MR) is 74.8 cm³/mol. The number of benzene rings is 1. The molecule has 2 rings (SSSR count). The lowest BCUT2D eigenvalue weighted by molar-refractivity contribution is -0.130. The van der Waals surface area contributed by atoms with Gasteiger partial charge in [-0.15, -0.1) is 0 Å². The summed E-state index contributed by atoms with van der Waals surface area (Å²) in [5, 5.41) is 15.6. The Labute approximate surface area is 114 Å². The van der Waals surface area contributed by atoms with Crippen molar-refractivity contribution in [2.24, 2.45) is 5.41 Å². The van der Waals surface area contributed by atoms with Crippen molar-refractivity contribution in [2.75, 3.05) is 19.7 Å². The number of amides is 1. The number of hydrogen-bond acceptors (Lipinski definition) is 3. The summed E-state index contributed by atoms with van der Waals surface area (Å²) in [6.45, 7) is 3.53. The van der Waals surface area contributed by atoms with Crippen molar-refractivity contribution in [3.8, 4) is 0 Å². The van der Waals surface area contributed by atoms with Crippen LogP contribution in [0.5, 0.6) is 0 Å². The first kappa shape index (κ1) is 14.0. The van der Waals surface area contributed by atoms with E-state index >= 15 is 0 Å². The molecule has 0 bridgehead atoms. The van der Waals surface area contributed by atoms with Gasteiger partial charge in [0.2, 0.25) is 5.91 Å². The van der Waals surface area contributed by atoms with E-state index in [1.807, 2.05) is 37.3 Å². The van der Waals surface area contributed by atoms with Crippen LogP contribution in [0.15, 0.2) is 30.3 Å². The standard InChI is InChI=1S/C15H22N2O2/c1-15(7-8-16-11-15)14(19)17-13(10-18)9-12-5-3-2-4-6-12/h2-6,13,16,18H,7-11H2,1H3,(H,17,19). The highest BCUT2D eigenvalue weighted by Gasteiger charge is 2.36. The second-order valence-corrected chi connectivity index (χ2v) is 5.53. The first-order chi connectivity index (χ1) is 9.14. The quantitative estimate of drug-likeness (QED) is 0.732. The molecule has 0 aromatic heterocycles. The average Bonchev–Trinajstić information content (AvgIpc) is 2.87. The van der Waals surface area contributed by atoms with Crippen molar-refractivity contribution in [1.29, 1.82) is 0 Å². The van der Waals surface area contributed by atoms with Gasteiger partial charge in [0.25, 0.3) is 0 Å². The Kier molecular flexibility index (Phi) is 4.56. The Morgan fingerprint density at radius 2 is 2.21 bits per heavy atom. The molecule has 2 atom stereocenters. The highest BCUT2D eigenvalue weighted by atomic mass is 16.3. The molecule has 4 heteroatoms. The molecule has 0 saturated carbocycles. The van der Waals surface area contributed by atoms with Crippen LogP contribution >= 0.6 is 0 Å². The van der Waals surface area contributed by atoms with E-state index < -0.39 is 0 Å². The van der Waals surface area contributed by atoms with Gasteiger partial charge in [-0.25, -0.2) is 0 Å². The lowest BCUT2D eigenvalue weighted by Gasteiger charge is -2.25. The Morgan fingerprint density at radius 1 is 1.47 bits per heavy atom. The minimum atomic E-state index is -0.343. The van der Waals surface area contributed by atoms with Crippen LogP contribution in [0, 0.1) is 5.41 Å². The van der Waals surface area contributed by atoms with Crippen molar-refractivity contribution >= 4 is 5.91 Å². The van der Waals surface area contributed by atoms with E-state index in [1.165, 1.54) is 0 Å². The predicted octanol–water partition coefficient (Wildman–Crippen LogP) is 0.706. The normalized spacial score (nSPS) is 24.1. The Bertz CT molecular complexity index is 413. The first-order valence-corrected chi connectivity index (χ1v) is 6.80. The lowest BCUT2D eigenvalue weighted by atomic mass is 9.88. The lowest BCUT2D eigenvalue weighted by Crippen LogP contribution is -2.47. The number of aliphatic hydroxyl groups excluding tert-OH is 1. The molecule has 1 aromatic carbocycles. The van der Waals surface area contributed by atoms with Crippen molar-refractivity contribution in [2.45, 2.75) is 25.8 Å². The molecule has 1 aliphatic rings. The van der Waals surface area contributed by atoms with Crippen LogP contribution in [0.1, 0.15) is 18.9 Å². The fraction of sp³-hybridized carbons (Fsp3) is 0.533. The van der Waals surface area contributed by atoms with Crippen LogP contribution in [0.3, 0.4) is 0 Å². The zero-order chi connectivity index (χ0) is 13.7. The minimum absolute atomic E-state index is 0.0347. The molecule has 1 aromatic rings. The van der Waals surface area contributed by atoms with E-state index in [0.717, 1.165) is 18.5 Å². The minimum Gasteiger partial charge on any atom is -0.394 e. The van der Waals surface area contributed by atoms with E-state index in [2.05, 4.69) is 10.6 Å². The third-order valence-corrected chi connectivity index (χ3v) is 3.80. The molecule has 0 radical (unpaired) electrons. The van der Waals surface area contributed by atoms with Gasteiger partial charge >= 0.3 is 0 Å². The molecule has 19 heavy (non-hydrogen) atoms. The van der Waals surface area contributed by atoms with Crippen molar-refractivity contribution in [1.82, 2.24) is 10.6 Å². The molecule has 0 spiro atoms. The number of rotatable bonds is 5. The molecule has 1 fully saturated rings. The fourth-order valence-electron chi connectivity index (χ4n) is 2.43. The summed E-state index contributed by atoms with van der Waals surface area (Å²) in [6, 6.07) is 9.69. The van der Waals surface area contributed by atoms with Crippen molar-refractivity contribution in [3.05, 3.63) is 35.9 Å². The highest BCUT2D eigenvalue weighted by molar-refractivity contribution is 5.83. The number of aliphatic hydroxyl groups is 1. The van der Waals surface area contributed by atoms with Crippen LogP contribution < -0.4 is 10.6 Å². The third kappa shape index (κ3) is 3.55. The molecule has 0 aliphatic carbocycles. The van der Waals surface area contributed by atoms with Gasteiger partial charge in [0, 0.05) is 6.54 Å². The topological polar surface area (TPSA) is 61.4 Å². The molecule has 1 heterocycles. The van der Waals surface area contributed by atoms with Gasteiger partial charge in [-0.1, -0.05) is 30.3 Å². The summed E-state index contributed by atoms with van der Waals surface area (Å²) in [5.74, 6) is 0.0347. The number of carbonyl (C=O) groups is 1. The maximum atomic E-state index is 12.3. The monoisotopic (exact) mass is 262 g/mol. The SMILES string of the molecule is CC1(C(=O)NC(CO)Cc2ccccc2)CCNC1. The van der Waals surface area contributed by atoms with Gasteiger partial charge in [-0.05, 0) is 31.9 Å². The average molecular weight is 262 g/mol. The number of hydrogen-bond donors (Lipinski definition) is 3. The van der Waals surface area contributed by atoms with Gasteiger partial charge in [0.15, 0.2) is 0 Å². The summed E-state index contributed by atoms with van der Waals surface area (Å²) >= 11 is 0. The van der Waals surface area contributed by atoms with Gasteiger partial charge in [-0.2, -0.15) is 0 Å². The number of carbonyl (C=O) groups excluding carboxylic acids is 1. The second kappa shape index (κ2) is 6.17. The maximum absolute atomic E-state index is 12.3. The molecule has 1 saturated heterocycles. The molecule has 3 N–H and O–H groups in total. The van der Waals surface area contributed by atoms with Gasteiger partial charge < -0.3 is 15.7 Å². The molecule has 104 valence electrons.